The third-order valence-corrected chi connectivity index (χ3v) is 10.1. The van der Waals surface area contributed by atoms with Gasteiger partial charge in [-0.3, -0.25) is 4.57 Å². The summed E-state index contributed by atoms with van der Waals surface area (Å²) in [6.07, 6.45) is 0. The van der Waals surface area contributed by atoms with Crippen LogP contribution < -0.4 is 0 Å². The maximum Gasteiger partial charge on any atom is 0.238 e. The fourth-order valence-electron chi connectivity index (χ4n) is 7.68. The summed E-state index contributed by atoms with van der Waals surface area (Å²) in [5.74, 6) is -0.441. The molecule has 0 bridgehead atoms. The highest BCUT2D eigenvalue weighted by molar-refractivity contribution is 6.12. The molecule has 1 aliphatic rings. The predicted molar refractivity (Wildman–Crippen MR) is 217 cm³/mol. The Morgan fingerprint density at radius 1 is 0.556 bits per heavy atom. The molecule has 0 atom stereocenters. The quantitative estimate of drug-likeness (QED) is 0.183. The summed E-state index contributed by atoms with van der Waals surface area (Å²) in [6, 6.07) is 17.2. The molecule has 0 N–H and O–H groups in total. The first-order chi connectivity index (χ1) is 33.2. The molecular weight excluding hydrogens is 665 g/mol. The Morgan fingerprint density at radius 3 is 2.19 bits per heavy atom. The lowest BCUT2D eigenvalue weighted by Gasteiger charge is -2.21. The van der Waals surface area contributed by atoms with Crippen molar-refractivity contribution in [3.63, 3.8) is 0 Å². The highest BCUT2D eigenvalue weighted by Gasteiger charge is 2.36. The van der Waals surface area contributed by atoms with E-state index in [4.69, 9.17) is 40.2 Å². The van der Waals surface area contributed by atoms with E-state index < -0.39 is 113 Å². The van der Waals surface area contributed by atoms with E-state index in [1.54, 1.807) is 30.3 Å². The summed E-state index contributed by atoms with van der Waals surface area (Å²) < 4.78 is 159. The van der Waals surface area contributed by atoms with Crippen molar-refractivity contribution in [1.82, 2.24) is 19.5 Å². The molecule has 0 unspecified atom stereocenters. The van der Waals surface area contributed by atoms with Crippen LogP contribution in [0.2, 0.25) is 0 Å². The Labute approximate surface area is 331 Å². The molecule has 4 heterocycles. The van der Waals surface area contributed by atoms with Gasteiger partial charge in [0.25, 0.3) is 0 Å². The molecule has 0 saturated carbocycles. The Morgan fingerprint density at radius 2 is 1.30 bits per heavy atom. The van der Waals surface area contributed by atoms with Crippen molar-refractivity contribution in [2.75, 3.05) is 0 Å². The van der Waals surface area contributed by atoms with Gasteiger partial charge in [0.05, 0.1) is 30.3 Å². The van der Waals surface area contributed by atoms with E-state index in [-0.39, 0.29) is 27.9 Å². The number of fused-ring (bicyclic) bond motifs is 12. The Hall–Kier alpha value is -7.05. The van der Waals surface area contributed by atoms with E-state index in [0.717, 1.165) is 20.7 Å². The molecule has 0 radical (unpaired) electrons. The van der Waals surface area contributed by atoms with Gasteiger partial charge in [-0.1, -0.05) is 111 Å². The van der Waals surface area contributed by atoms with Crippen LogP contribution in [-0.2, 0) is 5.41 Å². The van der Waals surface area contributed by atoms with E-state index in [1.807, 2.05) is 54.6 Å². The van der Waals surface area contributed by atoms with Gasteiger partial charge in [-0.05, 0) is 70.7 Å². The van der Waals surface area contributed by atoms with Gasteiger partial charge in [-0.25, -0.2) is 4.98 Å². The summed E-state index contributed by atoms with van der Waals surface area (Å²) in [5.41, 5.74) is -4.41. The minimum Gasteiger partial charge on any atom is -0.456 e. The smallest absolute Gasteiger partial charge is 0.238 e. The predicted octanol–water partition coefficient (Wildman–Crippen LogP) is 12.4. The van der Waals surface area contributed by atoms with Crippen LogP contribution >= 0.6 is 0 Å². The van der Waals surface area contributed by atoms with Crippen molar-refractivity contribution in [3.05, 3.63) is 156 Å². The van der Waals surface area contributed by atoms with Crippen molar-refractivity contribution in [2.24, 2.45) is 0 Å². The maximum absolute atomic E-state index is 10.1. The molecule has 254 valence electrons. The highest BCUT2D eigenvalue weighted by Crippen LogP contribution is 2.51. The third kappa shape index (κ3) is 3.97. The lowest BCUT2D eigenvalue weighted by molar-refractivity contribution is 0.661. The number of para-hydroxylation sites is 4. The normalized spacial score (nSPS) is 18.2. The third-order valence-electron chi connectivity index (χ3n) is 10.1. The van der Waals surface area contributed by atoms with Crippen LogP contribution in [-0.4, -0.2) is 19.5 Å². The standard InChI is InChI=1S/C48H30N4O2/c1-48(2)37-18-7-3-12-28(37)35-25-36-29-13-4-8-19-39(29)52(40(36)26-38(35)48)47-50-45(27-22-23-32-30-14-5-9-20-41(30)53-43(32)24-27)49-46(51-47)34-17-11-16-33-31-15-6-10-21-42(31)54-44(33)34/h3-26H,1-2H3/i1D3,2D3,3D,4D,7D,8D,12D,13D,18D,19D,25D,26D. The number of nitrogens with zero attached hydrogens (tertiary/aromatic N) is 4. The first-order valence-electron chi connectivity index (χ1n) is 25.0. The van der Waals surface area contributed by atoms with Gasteiger partial charge < -0.3 is 8.83 Å². The largest absolute Gasteiger partial charge is 0.456 e. The lowest BCUT2D eigenvalue weighted by atomic mass is 9.82. The van der Waals surface area contributed by atoms with Gasteiger partial charge in [0.2, 0.25) is 5.95 Å². The van der Waals surface area contributed by atoms with Crippen molar-refractivity contribution < 1.29 is 30.8 Å². The van der Waals surface area contributed by atoms with Gasteiger partial charge in [0, 0.05) is 51.5 Å². The SMILES string of the molecule is [2H]c1c([2H])c([2H])c2c(c1[2H])-c1c(c([2H])c3c(c1[2H])c1c([2H])c([2H])c([2H])c([2H])c1n3-c1nc(-c3ccc4c(c3)oc3ccccc34)nc(-c3cccc4c3oc3ccccc34)n1)C2(C([2H])([2H])[2H])C([2H])([2H])[2H]. The molecule has 1 aliphatic carbocycles. The van der Waals surface area contributed by atoms with E-state index in [1.165, 1.54) is 0 Å². The molecule has 0 spiro atoms. The van der Waals surface area contributed by atoms with E-state index in [0.29, 0.717) is 38.8 Å². The first kappa shape index (κ1) is 18.1. The molecule has 11 aromatic rings. The fourth-order valence-corrected chi connectivity index (χ4v) is 7.68. The summed E-state index contributed by atoms with van der Waals surface area (Å²) in [6.45, 7) is -7.36. The van der Waals surface area contributed by atoms with Gasteiger partial charge in [0.1, 0.15) is 22.3 Å². The molecule has 0 saturated heterocycles. The van der Waals surface area contributed by atoms with Crippen LogP contribution in [0, 0.1) is 0 Å². The second-order valence-corrected chi connectivity index (χ2v) is 13.2. The van der Waals surface area contributed by atoms with E-state index >= 15 is 0 Å². The Kier molecular flexibility index (Phi) is 3.53. The number of rotatable bonds is 3. The minimum absolute atomic E-state index is 0.0134. The zero-order valence-electron chi connectivity index (χ0n) is 43.7. The lowest BCUT2D eigenvalue weighted by Crippen LogP contribution is -2.15. The van der Waals surface area contributed by atoms with E-state index in [9.17, 15) is 5.48 Å². The zero-order chi connectivity index (χ0) is 49.4. The van der Waals surface area contributed by atoms with Crippen LogP contribution in [0.3, 0.4) is 0 Å². The molecule has 6 nitrogen and oxygen atoms in total. The average Bonchev–Trinajstić information content (AvgIpc) is 4.10. The molecule has 0 aliphatic heterocycles. The number of benzene rings is 7. The summed E-state index contributed by atoms with van der Waals surface area (Å²) >= 11 is 0. The molecule has 12 rings (SSSR count). The second-order valence-electron chi connectivity index (χ2n) is 13.2. The van der Waals surface area contributed by atoms with Crippen LogP contribution in [0.1, 0.15) is 46.8 Å². The monoisotopic (exact) mass is 710 g/mol. The van der Waals surface area contributed by atoms with Gasteiger partial charge >= 0.3 is 0 Å². The number of hydrogen-bond acceptors (Lipinski definition) is 5. The Bertz CT molecular complexity index is 4180. The topological polar surface area (TPSA) is 69.9 Å². The zero-order valence-corrected chi connectivity index (χ0v) is 27.7. The van der Waals surface area contributed by atoms with Crippen LogP contribution in [0.4, 0.5) is 0 Å². The van der Waals surface area contributed by atoms with E-state index in [2.05, 4.69) is 0 Å². The number of furan rings is 2. The summed E-state index contributed by atoms with van der Waals surface area (Å²) in [4.78, 5) is 14.8. The van der Waals surface area contributed by atoms with Crippen molar-refractivity contribution in [1.29, 1.82) is 0 Å². The highest BCUT2D eigenvalue weighted by atomic mass is 16.3. The molecule has 7 aromatic carbocycles. The van der Waals surface area contributed by atoms with Gasteiger partial charge in [0.15, 0.2) is 11.6 Å². The van der Waals surface area contributed by atoms with Crippen molar-refractivity contribution in [3.8, 4) is 39.9 Å². The first-order valence-corrected chi connectivity index (χ1v) is 17.0. The molecule has 0 fully saturated rings. The van der Waals surface area contributed by atoms with Crippen molar-refractivity contribution >= 4 is 65.7 Å². The van der Waals surface area contributed by atoms with Gasteiger partial charge in [-0.2, -0.15) is 9.97 Å². The second kappa shape index (κ2) is 10.5. The molecule has 54 heavy (non-hydrogen) atoms. The van der Waals surface area contributed by atoms with Gasteiger partial charge in [-0.15, -0.1) is 0 Å². The molecule has 6 heteroatoms. The number of aromatic nitrogens is 4. The maximum atomic E-state index is 10.1. The minimum atomic E-state index is -3.68. The molecule has 4 aromatic heterocycles. The van der Waals surface area contributed by atoms with Crippen LogP contribution in [0.5, 0.6) is 0 Å². The molecular formula is C48H30N4O2. The van der Waals surface area contributed by atoms with Crippen LogP contribution in [0.15, 0.2) is 154 Å². The van der Waals surface area contributed by atoms with Crippen LogP contribution in [0.25, 0.3) is 106 Å². The number of hydrogen-bond donors (Lipinski definition) is 0. The summed E-state index contributed by atoms with van der Waals surface area (Å²) in [5, 5.41) is 2.38. The average molecular weight is 711 g/mol. The van der Waals surface area contributed by atoms with Crippen molar-refractivity contribution in [2.45, 2.75) is 19.1 Å². The fraction of sp³-hybridized carbons (Fsp3) is 0.0625. The molecule has 0 amide bonds. The summed E-state index contributed by atoms with van der Waals surface area (Å²) in [7, 11) is 0. The Balaban J connectivity index is 1.28.